The van der Waals surface area contributed by atoms with Crippen LogP contribution in [0.3, 0.4) is 0 Å². The van der Waals surface area contributed by atoms with Gasteiger partial charge in [-0.3, -0.25) is 4.98 Å². The van der Waals surface area contributed by atoms with Crippen LogP contribution in [0.1, 0.15) is 84.4 Å². The minimum absolute atomic E-state index is 0.168. The van der Waals surface area contributed by atoms with Crippen molar-refractivity contribution in [1.29, 1.82) is 0 Å². The van der Waals surface area contributed by atoms with Crippen molar-refractivity contribution in [3.8, 4) is 11.3 Å². The summed E-state index contributed by atoms with van der Waals surface area (Å²) in [6.45, 7) is 22.1. The highest BCUT2D eigenvalue weighted by Crippen LogP contribution is 2.42. The van der Waals surface area contributed by atoms with E-state index in [1.807, 2.05) is 0 Å². The van der Waals surface area contributed by atoms with Gasteiger partial charge < -0.3 is 19.7 Å². The van der Waals surface area contributed by atoms with Gasteiger partial charge >= 0.3 is 0 Å². The molecule has 2 aliphatic rings. The van der Waals surface area contributed by atoms with E-state index >= 15 is 0 Å². The summed E-state index contributed by atoms with van der Waals surface area (Å²) >= 11 is 0. The number of aromatic nitrogens is 2. The van der Waals surface area contributed by atoms with Crippen molar-refractivity contribution in [3.05, 3.63) is 54.4 Å². The summed E-state index contributed by atoms with van der Waals surface area (Å²) in [6.07, 6.45) is 13.5. The van der Waals surface area contributed by atoms with Crippen LogP contribution in [0, 0.1) is 5.41 Å². The van der Waals surface area contributed by atoms with E-state index in [0.717, 1.165) is 58.3 Å². The molecule has 0 aliphatic carbocycles. The first-order chi connectivity index (χ1) is 19.9. The van der Waals surface area contributed by atoms with Gasteiger partial charge in [-0.1, -0.05) is 33.8 Å². The highest BCUT2D eigenvalue weighted by Gasteiger charge is 2.28. The Labute approximate surface area is 249 Å². The molecule has 2 fully saturated rings. The van der Waals surface area contributed by atoms with Gasteiger partial charge in [0.05, 0.1) is 17.6 Å². The molecule has 2 saturated heterocycles. The average molecular weight is 556 g/mol. The Morgan fingerprint density at radius 2 is 1.83 bits per heavy atom. The lowest BCUT2D eigenvalue weighted by atomic mass is 9.80. The molecule has 4 heterocycles. The molecule has 1 aromatic carbocycles. The molecular weight excluding hydrogens is 502 g/mol. The van der Waals surface area contributed by atoms with Crippen molar-refractivity contribution in [3.63, 3.8) is 0 Å². The monoisotopic (exact) mass is 555 g/mol. The molecule has 0 radical (unpaired) electrons. The van der Waals surface area contributed by atoms with Crippen LogP contribution in [-0.2, 0) is 19.4 Å². The van der Waals surface area contributed by atoms with Crippen molar-refractivity contribution in [2.45, 2.75) is 98.6 Å². The van der Waals surface area contributed by atoms with Crippen LogP contribution in [0.15, 0.2) is 43.1 Å². The molecule has 0 amide bonds. The van der Waals surface area contributed by atoms with E-state index in [4.69, 9.17) is 4.98 Å². The van der Waals surface area contributed by atoms with Crippen LogP contribution in [0.5, 0.6) is 0 Å². The van der Waals surface area contributed by atoms with E-state index in [-0.39, 0.29) is 5.41 Å². The lowest BCUT2D eigenvalue weighted by molar-refractivity contribution is 0.337. The minimum Gasteiger partial charge on any atom is -0.372 e. The van der Waals surface area contributed by atoms with E-state index in [0.29, 0.717) is 6.04 Å². The maximum atomic E-state index is 5.13. The number of nitrogens with zero attached hydrogens (tertiary/aromatic N) is 4. The first kappa shape index (κ1) is 29.7. The second-order valence-electron chi connectivity index (χ2n) is 13.0. The van der Waals surface area contributed by atoms with Crippen LogP contribution >= 0.6 is 0 Å². The fourth-order valence-electron chi connectivity index (χ4n) is 7.11. The second-order valence-corrected chi connectivity index (χ2v) is 13.0. The first-order valence-electron chi connectivity index (χ1n) is 16.4. The molecule has 0 bridgehead atoms. The summed E-state index contributed by atoms with van der Waals surface area (Å²) in [5.41, 5.74) is 9.58. The molecule has 1 N–H and O–H groups in total. The molecule has 1 unspecified atom stereocenters. The smallest absolute Gasteiger partial charge is 0.0560 e. The number of hydrogen-bond donors (Lipinski definition) is 1. The summed E-state index contributed by atoms with van der Waals surface area (Å²) in [5, 5.41) is 5.11. The van der Waals surface area contributed by atoms with Crippen LogP contribution in [0.2, 0.25) is 0 Å². The van der Waals surface area contributed by atoms with Crippen LogP contribution < -0.4 is 15.1 Å². The summed E-state index contributed by atoms with van der Waals surface area (Å²) in [4.78, 5) is 10.3. The molecule has 3 aromatic rings. The van der Waals surface area contributed by atoms with E-state index in [9.17, 15) is 0 Å². The molecule has 0 spiro atoms. The third-order valence-corrected chi connectivity index (χ3v) is 9.53. The SMILES string of the molecule is C=CCCC(C)(C)Cc1c(-c2cc(N3CCNC(CC)C3)cnc2CC)n(CC)c2ccc(N3CCCCC3)cc12. The predicted octanol–water partition coefficient (Wildman–Crippen LogP) is 8.00. The van der Waals surface area contributed by atoms with Gasteiger partial charge in [0.25, 0.3) is 0 Å². The third-order valence-electron chi connectivity index (χ3n) is 9.53. The van der Waals surface area contributed by atoms with E-state index in [1.165, 1.54) is 77.1 Å². The van der Waals surface area contributed by atoms with Crippen LogP contribution in [0.4, 0.5) is 11.4 Å². The molecule has 41 heavy (non-hydrogen) atoms. The number of fused-ring (bicyclic) bond motifs is 1. The van der Waals surface area contributed by atoms with E-state index in [2.05, 4.69) is 97.4 Å². The molecule has 5 rings (SSSR count). The normalized spacial score (nSPS) is 18.3. The fraction of sp³-hybridized carbons (Fsp3) is 0.583. The third kappa shape index (κ3) is 6.35. The molecule has 222 valence electrons. The fourth-order valence-corrected chi connectivity index (χ4v) is 7.11. The number of piperidine rings is 1. The van der Waals surface area contributed by atoms with Crippen LogP contribution in [-0.4, -0.2) is 48.3 Å². The number of rotatable bonds is 11. The number of aryl methyl sites for hydroxylation is 2. The van der Waals surface area contributed by atoms with Gasteiger partial charge in [-0.15, -0.1) is 6.58 Å². The quantitative estimate of drug-likeness (QED) is 0.243. The van der Waals surface area contributed by atoms with Gasteiger partial charge in [0.15, 0.2) is 0 Å². The lowest BCUT2D eigenvalue weighted by Gasteiger charge is -2.35. The van der Waals surface area contributed by atoms with Crippen molar-refractivity contribution < 1.29 is 0 Å². The number of anilines is 2. The van der Waals surface area contributed by atoms with E-state index in [1.54, 1.807) is 0 Å². The average Bonchev–Trinajstić information content (AvgIpc) is 3.31. The Hall–Kier alpha value is -2.79. The van der Waals surface area contributed by atoms with Crippen molar-refractivity contribution in [1.82, 2.24) is 14.9 Å². The largest absolute Gasteiger partial charge is 0.372 e. The zero-order valence-corrected chi connectivity index (χ0v) is 26.4. The van der Waals surface area contributed by atoms with Gasteiger partial charge in [-0.05, 0) is 93.5 Å². The molecular formula is C36H53N5. The number of allylic oxidation sites excluding steroid dienone is 1. The van der Waals surface area contributed by atoms with Gasteiger partial charge in [0.2, 0.25) is 0 Å². The van der Waals surface area contributed by atoms with Gasteiger partial charge in [0, 0.05) is 73.2 Å². The molecule has 5 heteroatoms. The van der Waals surface area contributed by atoms with Gasteiger partial charge in [-0.25, -0.2) is 0 Å². The zero-order valence-electron chi connectivity index (χ0n) is 26.4. The Morgan fingerprint density at radius 3 is 2.54 bits per heavy atom. The summed E-state index contributed by atoms with van der Waals surface area (Å²) in [5.74, 6) is 0. The molecule has 0 saturated carbocycles. The predicted molar refractivity (Wildman–Crippen MR) is 177 cm³/mol. The number of benzene rings is 1. The van der Waals surface area contributed by atoms with Gasteiger partial charge in [-0.2, -0.15) is 0 Å². The standard InChI is InChI=1S/C36H53N5/c1-7-11-17-36(5,6)24-32-30-22-28(39-19-13-12-14-20-39)15-16-34(30)41(10-4)35(32)31-23-29(25-38-33(31)9-3)40-21-18-37-27(8-2)26-40/h7,15-16,22-23,25,27,37H,1,8-14,17-21,24,26H2,2-6H3. The summed E-state index contributed by atoms with van der Waals surface area (Å²) in [6, 6.07) is 10.3. The molecule has 2 aliphatic heterocycles. The summed E-state index contributed by atoms with van der Waals surface area (Å²) in [7, 11) is 0. The zero-order chi connectivity index (χ0) is 29.0. The number of pyridine rings is 1. The Balaban J connectivity index is 1.69. The second kappa shape index (κ2) is 13.0. The molecule has 1 atom stereocenters. The summed E-state index contributed by atoms with van der Waals surface area (Å²) < 4.78 is 2.58. The van der Waals surface area contributed by atoms with Crippen molar-refractivity contribution >= 4 is 22.3 Å². The van der Waals surface area contributed by atoms with Crippen molar-refractivity contribution in [2.75, 3.05) is 42.5 Å². The molecule has 5 nitrogen and oxygen atoms in total. The Morgan fingerprint density at radius 1 is 1.02 bits per heavy atom. The van der Waals surface area contributed by atoms with Crippen LogP contribution in [0.25, 0.3) is 22.2 Å². The van der Waals surface area contributed by atoms with Crippen molar-refractivity contribution in [2.24, 2.45) is 5.41 Å². The topological polar surface area (TPSA) is 36.3 Å². The van der Waals surface area contributed by atoms with E-state index < -0.39 is 0 Å². The maximum Gasteiger partial charge on any atom is 0.0560 e. The minimum atomic E-state index is 0.168. The Kier molecular flexibility index (Phi) is 9.43. The maximum absolute atomic E-state index is 5.13. The number of nitrogens with one attached hydrogen (secondary N) is 1. The first-order valence-corrected chi connectivity index (χ1v) is 16.4. The highest BCUT2D eigenvalue weighted by atomic mass is 15.2. The molecule has 2 aromatic heterocycles. The number of piperazine rings is 1. The number of hydrogen-bond acceptors (Lipinski definition) is 4. The van der Waals surface area contributed by atoms with Gasteiger partial charge in [0.1, 0.15) is 0 Å². The highest BCUT2D eigenvalue weighted by molar-refractivity contribution is 5.95. The Bertz CT molecular complexity index is 1330. The lowest BCUT2D eigenvalue weighted by Crippen LogP contribution is -2.50.